The summed E-state index contributed by atoms with van der Waals surface area (Å²) in [7, 11) is 0. The van der Waals surface area contributed by atoms with Crippen LogP contribution in [0.15, 0.2) is 24.3 Å². The van der Waals surface area contributed by atoms with Gasteiger partial charge in [-0.15, -0.1) is 0 Å². The van der Waals surface area contributed by atoms with Crippen molar-refractivity contribution >= 4 is 5.91 Å². The van der Waals surface area contributed by atoms with E-state index < -0.39 is 6.04 Å². The zero-order valence-corrected chi connectivity index (χ0v) is 14.1. The van der Waals surface area contributed by atoms with E-state index in [2.05, 4.69) is 17.9 Å². The van der Waals surface area contributed by atoms with Crippen molar-refractivity contribution in [3.05, 3.63) is 35.4 Å². The molecule has 4 heteroatoms. The Morgan fingerprint density at radius 2 is 2.00 bits per heavy atom. The average molecular weight is 322 g/mol. The number of nitriles is 1. The van der Waals surface area contributed by atoms with E-state index in [1.807, 2.05) is 38.1 Å². The second-order valence-electron chi connectivity index (χ2n) is 6.92. The molecule has 2 fully saturated rings. The Labute approximate surface area is 143 Å². The molecule has 0 spiro atoms. The van der Waals surface area contributed by atoms with Crippen molar-refractivity contribution in [3.8, 4) is 17.9 Å². The summed E-state index contributed by atoms with van der Waals surface area (Å²) in [5.74, 6) is 6.52. The summed E-state index contributed by atoms with van der Waals surface area (Å²) in [5, 5.41) is 19.2. The first-order valence-electron chi connectivity index (χ1n) is 8.51. The Kier molecular flexibility index (Phi) is 4.60. The quantitative estimate of drug-likeness (QED) is 0.868. The van der Waals surface area contributed by atoms with Gasteiger partial charge < -0.3 is 10.0 Å². The number of amides is 1. The van der Waals surface area contributed by atoms with Crippen molar-refractivity contribution in [1.29, 1.82) is 5.26 Å². The van der Waals surface area contributed by atoms with Gasteiger partial charge in [0.15, 0.2) is 0 Å². The molecule has 1 heterocycles. The fourth-order valence-corrected chi connectivity index (χ4v) is 3.27. The number of carbonyl (C=O) groups excluding carboxylic acids is 1. The lowest BCUT2D eigenvalue weighted by Crippen LogP contribution is -2.65. The number of aliphatic hydroxyl groups is 1. The summed E-state index contributed by atoms with van der Waals surface area (Å²) >= 11 is 0. The summed E-state index contributed by atoms with van der Waals surface area (Å²) in [4.78, 5) is 13.9. The number of hydrogen-bond donors (Lipinski definition) is 1. The first-order chi connectivity index (χ1) is 11.6. The molecule has 2 aliphatic rings. The average Bonchev–Trinajstić information content (AvgIpc) is 3.38. The number of carbonyl (C=O) groups is 1. The maximum absolute atomic E-state index is 12.4. The Morgan fingerprint density at radius 3 is 2.50 bits per heavy atom. The molecule has 1 aliphatic heterocycles. The monoisotopic (exact) mass is 322 g/mol. The molecule has 1 saturated heterocycles. The van der Waals surface area contributed by atoms with Gasteiger partial charge in [0.2, 0.25) is 5.91 Å². The van der Waals surface area contributed by atoms with Gasteiger partial charge in [0.05, 0.1) is 18.7 Å². The van der Waals surface area contributed by atoms with Crippen LogP contribution in [0.2, 0.25) is 0 Å². The minimum Gasteiger partial charge on any atom is -0.394 e. The third kappa shape index (κ3) is 3.03. The molecule has 1 aromatic rings. The van der Waals surface area contributed by atoms with Crippen molar-refractivity contribution in [2.24, 2.45) is 11.8 Å². The van der Waals surface area contributed by atoms with E-state index in [1.54, 1.807) is 4.90 Å². The van der Waals surface area contributed by atoms with Gasteiger partial charge in [-0.05, 0) is 30.5 Å². The lowest BCUT2D eigenvalue weighted by atomic mass is 9.75. The number of likely N-dealkylation sites (tertiary alicyclic amines) is 1. The number of rotatable bonds is 3. The molecule has 1 N–H and O–H groups in total. The summed E-state index contributed by atoms with van der Waals surface area (Å²) in [6.45, 7) is 3.98. The smallest absolute Gasteiger partial charge is 0.227 e. The summed E-state index contributed by atoms with van der Waals surface area (Å²) in [6.07, 6.45) is 1.80. The van der Waals surface area contributed by atoms with E-state index in [0.29, 0.717) is 5.92 Å². The van der Waals surface area contributed by atoms with E-state index in [1.165, 1.54) is 0 Å². The van der Waals surface area contributed by atoms with Crippen LogP contribution in [0.5, 0.6) is 0 Å². The fourth-order valence-electron chi connectivity index (χ4n) is 3.27. The van der Waals surface area contributed by atoms with Gasteiger partial charge in [0.25, 0.3) is 0 Å². The van der Waals surface area contributed by atoms with Gasteiger partial charge in [-0.1, -0.05) is 37.8 Å². The fraction of sp³-hybridized carbons (Fsp3) is 0.500. The molecule has 0 radical (unpaired) electrons. The Morgan fingerprint density at radius 1 is 1.33 bits per heavy atom. The molecule has 0 bridgehead atoms. The summed E-state index contributed by atoms with van der Waals surface area (Å²) < 4.78 is 0. The van der Waals surface area contributed by atoms with Gasteiger partial charge in [0.1, 0.15) is 6.04 Å². The first-order valence-corrected chi connectivity index (χ1v) is 8.51. The molecule has 3 rings (SSSR count). The summed E-state index contributed by atoms with van der Waals surface area (Å²) in [6, 6.07) is 9.27. The van der Waals surface area contributed by atoms with Gasteiger partial charge >= 0.3 is 0 Å². The Bertz CT molecular complexity index is 717. The largest absolute Gasteiger partial charge is 0.394 e. The highest BCUT2D eigenvalue weighted by Gasteiger charge is 2.53. The van der Waals surface area contributed by atoms with Crippen LogP contribution < -0.4 is 0 Å². The maximum atomic E-state index is 12.4. The molecule has 1 amide bonds. The number of aliphatic hydroxyl groups excluding tert-OH is 1. The Hall–Kier alpha value is -2.30. The highest BCUT2D eigenvalue weighted by molar-refractivity contribution is 5.83. The van der Waals surface area contributed by atoms with E-state index in [-0.39, 0.29) is 30.4 Å². The molecule has 0 unspecified atom stereocenters. The van der Waals surface area contributed by atoms with E-state index in [9.17, 15) is 15.2 Å². The standard InChI is InChI=1S/C20H22N2O2/c1-13(2)3-4-14-5-7-15(8-6-14)19-17(11-21)22(18(19)12-23)20(24)16-9-10-16/h5-8,13,16-19,23H,9-10,12H2,1-2H3/t17-,18-,19+/m0/s1. The zero-order valence-electron chi connectivity index (χ0n) is 14.1. The van der Waals surface area contributed by atoms with Gasteiger partial charge in [-0.2, -0.15) is 5.26 Å². The minimum atomic E-state index is -0.483. The highest BCUT2D eigenvalue weighted by atomic mass is 16.3. The maximum Gasteiger partial charge on any atom is 0.227 e. The number of benzene rings is 1. The zero-order chi connectivity index (χ0) is 17.3. The molecule has 124 valence electrons. The van der Waals surface area contributed by atoms with E-state index in [0.717, 1.165) is 24.0 Å². The van der Waals surface area contributed by atoms with Crippen LogP contribution >= 0.6 is 0 Å². The minimum absolute atomic E-state index is 0.0243. The SMILES string of the molecule is CC(C)C#Cc1ccc([C@@H]2[C@H](C#N)N(C(=O)C3CC3)[C@H]2CO)cc1. The molecule has 24 heavy (non-hydrogen) atoms. The normalized spacial score (nSPS) is 25.5. The van der Waals surface area contributed by atoms with Crippen LogP contribution in [0.25, 0.3) is 0 Å². The topological polar surface area (TPSA) is 64.3 Å². The van der Waals surface area contributed by atoms with E-state index in [4.69, 9.17) is 0 Å². The highest BCUT2D eigenvalue weighted by Crippen LogP contribution is 2.44. The third-order valence-corrected chi connectivity index (χ3v) is 4.71. The lowest BCUT2D eigenvalue weighted by Gasteiger charge is -2.51. The van der Waals surface area contributed by atoms with Crippen LogP contribution in [-0.4, -0.2) is 34.6 Å². The van der Waals surface area contributed by atoms with Crippen molar-refractivity contribution in [2.75, 3.05) is 6.61 Å². The molecule has 4 nitrogen and oxygen atoms in total. The second-order valence-corrected chi connectivity index (χ2v) is 6.92. The van der Waals surface area contributed by atoms with Crippen molar-refractivity contribution in [2.45, 2.75) is 44.7 Å². The van der Waals surface area contributed by atoms with Crippen LogP contribution in [0.1, 0.15) is 43.7 Å². The van der Waals surface area contributed by atoms with Gasteiger partial charge in [-0.3, -0.25) is 4.79 Å². The van der Waals surface area contributed by atoms with Crippen LogP contribution in [0, 0.1) is 35.0 Å². The molecule has 1 aliphatic carbocycles. The van der Waals surface area contributed by atoms with Crippen molar-refractivity contribution < 1.29 is 9.90 Å². The first kappa shape index (κ1) is 16.6. The van der Waals surface area contributed by atoms with Crippen LogP contribution in [0.4, 0.5) is 0 Å². The molecule has 0 aromatic heterocycles. The number of hydrogen-bond acceptors (Lipinski definition) is 3. The van der Waals surface area contributed by atoms with E-state index >= 15 is 0 Å². The molecule has 1 aromatic carbocycles. The van der Waals surface area contributed by atoms with Crippen LogP contribution in [0.3, 0.4) is 0 Å². The predicted molar refractivity (Wildman–Crippen MR) is 90.7 cm³/mol. The number of nitrogens with zero attached hydrogens (tertiary/aromatic N) is 2. The second kappa shape index (κ2) is 6.67. The van der Waals surface area contributed by atoms with Gasteiger partial charge in [0, 0.05) is 23.3 Å². The lowest BCUT2D eigenvalue weighted by molar-refractivity contribution is -0.148. The predicted octanol–water partition coefficient (Wildman–Crippen LogP) is 2.28. The molecular weight excluding hydrogens is 300 g/mol. The third-order valence-electron chi connectivity index (χ3n) is 4.71. The Balaban J connectivity index is 1.79. The summed E-state index contributed by atoms with van der Waals surface area (Å²) in [5.41, 5.74) is 1.92. The van der Waals surface area contributed by atoms with Crippen LogP contribution in [-0.2, 0) is 4.79 Å². The van der Waals surface area contributed by atoms with Crippen molar-refractivity contribution in [1.82, 2.24) is 4.90 Å². The van der Waals surface area contributed by atoms with Crippen molar-refractivity contribution in [3.63, 3.8) is 0 Å². The molecule has 3 atom stereocenters. The van der Waals surface area contributed by atoms with Gasteiger partial charge in [-0.25, -0.2) is 0 Å². The molecule has 1 saturated carbocycles. The molecular formula is C20H22N2O2.